The summed E-state index contributed by atoms with van der Waals surface area (Å²) < 4.78 is 45.1. The van der Waals surface area contributed by atoms with Crippen LogP contribution in [0.2, 0.25) is 0 Å². The number of halogens is 4. The molecule has 1 rings (SSSR count). The Labute approximate surface area is 112 Å². The molecule has 1 aromatic rings. The van der Waals surface area contributed by atoms with Gasteiger partial charge in [0, 0.05) is 11.4 Å². The van der Waals surface area contributed by atoms with Gasteiger partial charge >= 0.3 is 6.18 Å². The van der Waals surface area contributed by atoms with E-state index in [1.807, 2.05) is 12.1 Å². The predicted molar refractivity (Wildman–Crippen MR) is 66.2 cm³/mol. The molecule has 0 aliphatic carbocycles. The molecule has 0 amide bonds. The summed E-state index contributed by atoms with van der Waals surface area (Å²) in [6, 6.07) is 7.34. The zero-order valence-electron chi connectivity index (χ0n) is 9.84. The van der Waals surface area contributed by atoms with Gasteiger partial charge in [-0.05, 0) is 24.1 Å². The highest BCUT2D eigenvalue weighted by Crippen LogP contribution is 2.28. The number of ether oxygens (including phenoxy) is 2. The summed E-state index contributed by atoms with van der Waals surface area (Å²) in [5.74, 6) is 0.742. The van der Waals surface area contributed by atoms with Crippen LogP contribution in [0.15, 0.2) is 24.3 Å². The van der Waals surface area contributed by atoms with Crippen LogP contribution >= 0.6 is 15.9 Å². The fourth-order valence-electron chi connectivity index (χ4n) is 1.35. The van der Waals surface area contributed by atoms with Gasteiger partial charge in [0.05, 0.1) is 7.11 Å². The van der Waals surface area contributed by atoms with Gasteiger partial charge in [-0.1, -0.05) is 28.1 Å². The molecule has 0 saturated heterocycles. The summed E-state index contributed by atoms with van der Waals surface area (Å²) in [6.07, 6.45) is -3.79. The molecule has 1 atom stereocenters. The first-order valence-electron chi connectivity index (χ1n) is 5.35. The summed E-state index contributed by atoms with van der Waals surface area (Å²) >= 11 is 3.41. The number of methoxy groups -OCH3 is 1. The van der Waals surface area contributed by atoms with Gasteiger partial charge in [-0.2, -0.15) is 13.2 Å². The minimum atomic E-state index is -4.26. The molecule has 102 valence electrons. The molecule has 0 radical (unpaired) electrons. The van der Waals surface area contributed by atoms with Crippen molar-refractivity contribution in [3.05, 3.63) is 29.8 Å². The van der Waals surface area contributed by atoms with Crippen LogP contribution < -0.4 is 4.74 Å². The van der Waals surface area contributed by atoms with E-state index in [0.717, 1.165) is 11.3 Å². The lowest BCUT2D eigenvalue weighted by Gasteiger charge is -2.12. The molecule has 2 nitrogen and oxygen atoms in total. The molecule has 0 fully saturated rings. The molecule has 0 aromatic heterocycles. The van der Waals surface area contributed by atoms with E-state index in [0.29, 0.717) is 6.42 Å². The van der Waals surface area contributed by atoms with Gasteiger partial charge in [0.15, 0.2) is 0 Å². The van der Waals surface area contributed by atoms with Crippen LogP contribution in [0, 0.1) is 0 Å². The Morgan fingerprint density at radius 1 is 1.22 bits per heavy atom. The van der Waals surface area contributed by atoms with Crippen molar-refractivity contribution < 1.29 is 22.6 Å². The van der Waals surface area contributed by atoms with Crippen molar-refractivity contribution in [2.75, 3.05) is 20.3 Å². The SMILES string of the molecule is COc1ccc(C(Br)CCOCC(F)(F)F)cc1. The molecule has 0 bridgehead atoms. The second-order valence-electron chi connectivity index (χ2n) is 3.70. The Bertz CT molecular complexity index is 351. The van der Waals surface area contributed by atoms with E-state index in [-0.39, 0.29) is 11.4 Å². The van der Waals surface area contributed by atoms with Gasteiger partial charge in [0.25, 0.3) is 0 Å². The molecule has 0 aliphatic rings. The predicted octanol–water partition coefficient (Wildman–Crippen LogP) is 4.10. The normalized spacial score (nSPS) is 13.4. The zero-order chi connectivity index (χ0) is 13.6. The fourth-order valence-corrected chi connectivity index (χ4v) is 1.85. The lowest BCUT2D eigenvalue weighted by atomic mass is 10.1. The first-order valence-corrected chi connectivity index (χ1v) is 6.26. The first kappa shape index (κ1) is 15.3. The third-order valence-corrected chi connectivity index (χ3v) is 3.25. The van der Waals surface area contributed by atoms with Crippen LogP contribution in [0.1, 0.15) is 16.8 Å². The monoisotopic (exact) mass is 326 g/mol. The second kappa shape index (κ2) is 6.99. The van der Waals surface area contributed by atoms with Crippen molar-refractivity contribution in [3.63, 3.8) is 0 Å². The van der Waals surface area contributed by atoms with Gasteiger partial charge in [-0.15, -0.1) is 0 Å². The highest BCUT2D eigenvalue weighted by molar-refractivity contribution is 9.09. The van der Waals surface area contributed by atoms with Gasteiger partial charge in [-0.25, -0.2) is 0 Å². The van der Waals surface area contributed by atoms with Crippen molar-refractivity contribution in [2.24, 2.45) is 0 Å². The lowest BCUT2D eigenvalue weighted by Crippen LogP contribution is -2.17. The lowest BCUT2D eigenvalue weighted by molar-refractivity contribution is -0.174. The highest BCUT2D eigenvalue weighted by atomic mass is 79.9. The number of alkyl halides is 4. The molecule has 18 heavy (non-hydrogen) atoms. The smallest absolute Gasteiger partial charge is 0.411 e. The molecule has 1 unspecified atom stereocenters. The third kappa shape index (κ3) is 5.73. The van der Waals surface area contributed by atoms with Crippen molar-refractivity contribution in [3.8, 4) is 5.75 Å². The maximum absolute atomic E-state index is 11.8. The first-order chi connectivity index (χ1) is 8.42. The Kier molecular flexibility index (Phi) is 5.95. The molecule has 0 saturated carbocycles. The quantitative estimate of drug-likeness (QED) is 0.578. The van der Waals surface area contributed by atoms with Crippen LogP contribution in [0.5, 0.6) is 5.75 Å². The molecular weight excluding hydrogens is 313 g/mol. The van der Waals surface area contributed by atoms with Crippen molar-refractivity contribution >= 4 is 15.9 Å². The maximum atomic E-state index is 11.8. The van der Waals surface area contributed by atoms with Crippen LogP contribution in [-0.2, 0) is 4.74 Å². The Balaban J connectivity index is 2.33. The van der Waals surface area contributed by atoms with Crippen LogP contribution in [0.4, 0.5) is 13.2 Å². The van der Waals surface area contributed by atoms with E-state index in [2.05, 4.69) is 20.7 Å². The van der Waals surface area contributed by atoms with Gasteiger partial charge in [-0.3, -0.25) is 0 Å². The number of rotatable bonds is 6. The number of hydrogen-bond acceptors (Lipinski definition) is 2. The molecular formula is C12H14BrF3O2. The third-order valence-electron chi connectivity index (χ3n) is 2.26. The average molecular weight is 327 g/mol. The minimum Gasteiger partial charge on any atom is -0.497 e. The van der Waals surface area contributed by atoms with E-state index < -0.39 is 12.8 Å². The van der Waals surface area contributed by atoms with Crippen LogP contribution in [-0.4, -0.2) is 26.5 Å². The van der Waals surface area contributed by atoms with Crippen molar-refractivity contribution in [1.82, 2.24) is 0 Å². The largest absolute Gasteiger partial charge is 0.497 e. The molecule has 1 aromatic carbocycles. The standard InChI is InChI=1S/C12H14BrF3O2/c1-17-10-4-2-9(3-5-10)11(13)6-7-18-8-12(14,15)16/h2-5,11H,6-8H2,1H3. The van der Waals surface area contributed by atoms with Crippen LogP contribution in [0.25, 0.3) is 0 Å². The van der Waals surface area contributed by atoms with E-state index in [4.69, 9.17) is 4.74 Å². The topological polar surface area (TPSA) is 18.5 Å². The fraction of sp³-hybridized carbons (Fsp3) is 0.500. The van der Waals surface area contributed by atoms with E-state index in [1.54, 1.807) is 19.2 Å². The van der Waals surface area contributed by atoms with Gasteiger partial charge in [0.1, 0.15) is 12.4 Å². The highest BCUT2D eigenvalue weighted by Gasteiger charge is 2.27. The minimum absolute atomic E-state index is 0.0309. The molecule has 0 spiro atoms. The molecule has 0 aliphatic heterocycles. The Morgan fingerprint density at radius 3 is 2.33 bits per heavy atom. The Hall–Kier alpha value is -0.750. The summed E-state index contributed by atoms with van der Waals surface area (Å²) in [5, 5.41) is 0. The van der Waals surface area contributed by atoms with Crippen molar-refractivity contribution in [2.45, 2.75) is 17.4 Å². The van der Waals surface area contributed by atoms with E-state index in [9.17, 15) is 13.2 Å². The summed E-state index contributed by atoms with van der Waals surface area (Å²) in [7, 11) is 1.58. The number of hydrogen-bond donors (Lipinski definition) is 0. The second-order valence-corrected chi connectivity index (χ2v) is 4.80. The number of benzene rings is 1. The molecule has 6 heteroatoms. The van der Waals surface area contributed by atoms with Gasteiger partial charge < -0.3 is 9.47 Å². The molecule has 0 heterocycles. The zero-order valence-corrected chi connectivity index (χ0v) is 11.4. The molecule has 0 N–H and O–H groups in total. The van der Waals surface area contributed by atoms with E-state index >= 15 is 0 Å². The van der Waals surface area contributed by atoms with E-state index in [1.165, 1.54) is 0 Å². The van der Waals surface area contributed by atoms with Gasteiger partial charge in [0.2, 0.25) is 0 Å². The van der Waals surface area contributed by atoms with Crippen molar-refractivity contribution in [1.29, 1.82) is 0 Å². The average Bonchev–Trinajstić information content (AvgIpc) is 2.33. The summed E-state index contributed by atoms with van der Waals surface area (Å²) in [5.41, 5.74) is 0.978. The summed E-state index contributed by atoms with van der Waals surface area (Å²) in [4.78, 5) is -0.0309. The summed E-state index contributed by atoms with van der Waals surface area (Å²) in [6.45, 7) is -1.14. The maximum Gasteiger partial charge on any atom is 0.411 e. The van der Waals surface area contributed by atoms with Crippen LogP contribution in [0.3, 0.4) is 0 Å². The Morgan fingerprint density at radius 2 is 1.83 bits per heavy atom.